The highest BCUT2D eigenvalue weighted by molar-refractivity contribution is 7.10. The van der Waals surface area contributed by atoms with Crippen molar-refractivity contribution in [3.8, 4) is 0 Å². The zero-order valence-electron chi connectivity index (χ0n) is 7.80. The predicted octanol–water partition coefficient (Wildman–Crippen LogP) is 2.15. The summed E-state index contributed by atoms with van der Waals surface area (Å²) in [6.45, 7) is 2.08. The Morgan fingerprint density at radius 3 is 3.00 bits per heavy atom. The molecule has 2 aromatic heterocycles. The fourth-order valence-corrected chi connectivity index (χ4v) is 2.59. The smallest absolute Gasteiger partial charge is 0.0762 e. The van der Waals surface area contributed by atoms with E-state index in [-0.39, 0.29) is 6.04 Å². The number of nitrogens with zero attached hydrogens (tertiary/aromatic N) is 2. The lowest BCUT2D eigenvalue weighted by Gasteiger charge is -2.05. The van der Waals surface area contributed by atoms with E-state index in [2.05, 4.69) is 27.1 Å². The minimum absolute atomic E-state index is 0.0533. The van der Waals surface area contributed by atoms with Crippen LogP contribution in [0.3, 0.4) is 0 Å². The molecule has 0 bridgehead atoms. The van der Waals surface area contributed by atoms with Crippen LogP contribution in [-0.2, 0) is 6.42 Å². The molecule has 2 N–H and O–H groups in total. The summed E-state index contributed by atoms with van der Waals surface area (Å²) in [4.78, 5) is 1.22. The summed E-state index contributed by atoms with van der Waals surface area (Å²) in [7, 11) is 0. The van der Waals surface area contributed by atoms with Gasteiger partial charge in [-0.1, -0.05) is 0 Å². The standard InChI is InChI=1S/C9H11N3S2/c1-6-2-9(13-5-6)8(10)3-7-4-11-14-12-7/h2,4-5,8H,3,10H2,1H3. The maximum Gasteiger partial charge on any atom is 0.0762 e. The number of hydrogen-bond donors (Lipinski definition) is 1. The minimum Gasteiger partial charge on any atom is -0.323 e. The van der Waals surface area contributed by atoms with E-state index < -0.39 is 0 Å². The molecule has 74 valence electrons. The molecule has 0 aliphatic rings. The summed E-state index contributed by atoms with van der Waals surface area (Å²) in [5, 5.41) is 2.12. The third-order valence-corrected chi connectivity index (χ3v) is 3.65. The molecule has 2 aromatic rings. The van der Waals surface area contributed by atoms with E-state index in [9.17, 15) is 0 Å². The van der Waals surface area contributed by atoms with Crippen molar-refractivity contribution in [2.24, 2.45) is 5.73 Å². The van der Waals surface area contributed by atoms with Crippen LogP contribution < -0.4 is 5.73 Å². The van der Waals surface area contributed by atoms with Crippen LogP contribution in [0.15, 0.2) is 17.6 Å². The second-order valence-corrected chi connectivity index (χ2v) is 4.74. The third-order valence-electron chi connectivity index (χ3n) is 1.95. The summed E-state index contributed by atoms with van der Waals surface area (Å²) < 4.78 is 8.10. The van der Waals surface area contributed by atoms with Crippen molar-refractivity contribution in [2.45, 2.75) is 19.4 Å². The molecule has 2 heterocycles. The number of nitrogens with two attached hydrogens (primary N) is 1. The Morgan fingerprint density at radius 1 is 1.57 bits per heavy atom. The maximum absolute atomic E-state index is 6.05. The molecule has 5 heteroatoms. The zero-order chi connectivity index (χ0) is 9.97. The van der Waals surface area contributed by atoms with E-state index in [1.165, 1.54) is 22.2 Å². The van der Waals surface area contributed by atoms with E-state index in [0.29, 0.717) is 0 Å². The molecule has 14 heavy (non-hydrogen) atoms. The molecule has 0 amide bonds. The fourth-order valence-electron chi connectivity index (χ4n) is 1.25. The molecule has 3 nitrogen and oxygen atoms in total. The van der Waals surface area contributed by atoms with Crippen molar-refractivity contribution < 1.29 is 0 Å². The maximum atomic E-state index is 6.05. The van der Waals surface area contributed by atoms with Gasteiger partial charge in [0.2, 0.25) is 0 Å². The fraction of sp³-hybridized carbons (Fsp3) is 0.333. The normalized spacial score (nSPS) is 13.0. The van der Waals surface area contributed by atoms with Crippen LogP contribution in [0.2, 0.25) is 0 Å². The number of thiophene rings is 1. The van der Waals surface area contributed by atoms with Gasteiger partial charge in [0.1, 0.15) is 0 Å². The van der Waals surface area contributed by atoms with Crippen LogP contribution in [-0.4, -0.2) is 8.75 Å². The largest absolute Gasteiger partial charge is 0.323 e. The van der Waals surface area contributed by atoms with Crippen molar-refractivity contribution in [3.05, 3.63) is 33.8 Å². The van der Waals surface area contributed by atoms with Gasteiger partial charge in [0.15, 0.2) is 0 Å². The Hall–Kier alpha value is -0.780. The molecular formula is C9H11N3S2. The van der Waals surface area contributed by atoms with Gasteiger partial charge < -0.3 is 5.73 Å². The molecular weight excluding hydrogens is 214 g/mol. The zero-order valence-corrected chi connectivity index (χ0v) is 9.44. The van der Waals surface area contributed by atoms with E-state index in [1.807, 2.05) is 0 Å². The lowest BCUT2D eigenvalue weighted by Crippen LogP contribution is -2.11. The van der Waals surface area contributed by atoms with E-state index in [1.54, 1.807) is 17.5 Å². The van der Waals surface area contributed by atoms with Gasteiger partial charge in [-0.3, -0.25) is 0 Å². The lowest BCUT2D eigenvalue weighted by molar-refractivity contribution is 0.725. The second kappa shape index (κ2) is 4.16. The second-order valence-electron chi connectivity index (χ2n) is 3.24. The Bertz CT molecular complexity index is 394. The van der Waals surface area contributed by atoms with Gasteiger partial charge in [0.25, 0.3) is 0 Å². The first-order valence-electron chi connectivity index (χ1n) is 4.33. The lowest BCUT2D eigenvalue weighted by atomic mass is 10.1. The summed E-state index contributed by atoms with van der Waals surface area (Å²) in [5.41, 5.74) is 8.30. The number of hydrogen-bond acceptors (Lipinski definition) is 5. The van der Waals surface area contributed by atoms with E-state index >= 15 is 0 Å². The Labute approximate surface area is 90.9 Å². The van der Waals surface area contributed by atoms with Gasteiger partial charge in [-0.2, -0.15) is 8.75 Å². The summed E-state index contributed by atoms with van der Waals surface area (Å²) in [6, 6.07) is 2.19. The van der Waals surface area contributed by atoms with Crippen LogP contribution in [0.5, 0.6) is 0 Å². The van der Waals surface area contributed by atoms with Crippen molar-refractivity contribution in [1.29, 1.82) is 0 Å². The van der Waals surface area contributed by atoms with Crippen LogP contribution >= 0.6 is 23.1 Å². The van der Waals surface area contributed by atoms with Crippen LogP contribution in [0.1, 0.15) is 22.2 Å². The van der Waals surface area contributed by atoms with Gasteiger partial charge in [-0.05, 0) is 23.9 Å². The van der Waals surface area contributed by atoms with E-state index in [0.717, 1.165) is 12.1 Å². The average molecular weight is 225 g/mol. The molecule has 0 fully saturated rings. The number of aromatic nitrogens is 2. The van der Waals surface area contributed by atoms with Crippen molar-refractivity contribution in [3.63, 3.8) is 0 Å². The summed E-state index contributed by atoms with van der Waals surface area (Å²) in [5.74, 6) is 0. The molecule has 2 rings (SSSR count). The first-order chi connectivity index (χ1) is 6.75. The highest BCUT2D eigenvalue weighted by Gasteiger charge is 2.10. The average Bonchev–Trinajstić information content (AvgIpc) is 2.75. The molecule has 0 radical (unpaired) electrons. The molecule has 0 saturated heterocycles. The molecule has 0 saturated carbocycles. The Kier molecular flexibility index (Phi) is 2.90. The van der Waals surface area contributed by atoms with Gasteiger partial charge in [0, 0.05) is 17.3 Å². The molecule has 0 spiro atoms. The Morgan fingerprint density at radius 2 is 2.43 bits per heavy atom. The minimum atomic E-state index is 0.0533. The first kappa shape index (κ1) is 9.76. The van der Waals surface area contributed by atoms with Crippen LogP contribution in [0.4, 0.5) is 0 Å². The SMILES string of the molecule is Cc1csc(C(N)Cc2cnsn2)c1. The number of aryl methyl sites for hydroxylation is 1. The molecule has 0 aromatic carbocycles. The van der Waals surface area contributed by atoms with Gasteiger partial charge in [0.05, 0.1) is 23.6 Å². The highest BCUT2D eigenvalue weighted by Crippen LogP contribution is 2.22. The predicted molar refractivity (Wildman–Crippen MR) is 59.6 cm³/mol. The van der Waals surface area contributed by atoms with Crippen molar-refractivity contribution in [2.75, 3.05) is 0 Å². The first-order valence-corrected chi connectivity index (χ1v) is 5.94. The molecule has 0 aliphatic carbocycles. The van der Waals surface area contributed by atoms with Gasteiger partial charge in [-0.25, -0.2) is 0 Å². The highest BCUT2D eigenvalue weighted by atomic mass is 32.1. The molecule has 1 atom stereocenters. The van der Waals surface area contributed by atoms with Gasteiger partial charge >= 0.3 is 0 Å². The van der Waals surface area contributed by atoms with Crippen molar-refractivity contribution >= 4 is 23.1 Å². The third kappa shape index (κ3) is 2.17. The summed E-state index contributed by atoms with van der Waals surface area (Å²) >= 11 is 2.94. The van der Waals surface area contributed by atoms with Crippen molar-refractivity contribution in [1.82, 2.24) is 8.75 Å². The van der Waals surface area contributed by atoms with Crippen LogP contribution in [0, 0.1) is 6.92 Å². The molecule has 1 unspecified atom stereocenters. The quantitative estimate of drug-likeness (QED) is 0.870. The summed E-state index contributed by atoms with van der Waals surface area (Å²) in [6.07, 6.45) is 2.56. The monoisotopic (exact) mass is 225 g/mol. The molecule has 0 aliphatic heterocycles. The number of rotatable bonds is 3. The van der Waals surface area contributed by atoms with E-state index in [4.69, 9.17) is 5.73 Å². The van der Waals surface area contributed by atoms with Crippen LogP contribution in [0.25, 0.3) is 0 Å². The Balaban J connectivity index is 2.06. The van der Waals surface area contributed by atoms with Gasteiger partial charge in [-0.15, -0.1) is 11.3 Å². The topological polar surface area (TPSA) is 51.8 Å².